The van der Waals surface area contributed by atoms with Crippen molar-refractivity contribution in [2.45, 2.75) is 13.0 Å². The fourth-order valence-corrected chi connectivity index (χ4v) is 2.10. The lowest BCUT2D eigenvalue weighted by molar-refractivity contribution is 0.0713. The molecule has 3 nitrogen and oxygen atoms in total. The summed E-state index contributed by atoms with van der Waals surface area (Å²) >= 11 is 0. The summed E-state index contributed by atoms with van der Waals surface area (Å²) in [5.41, 5.74) is 1.33. The molecule has 0 aliphatic heterocycles. The molecule has 0 amide bonds. The van der Waals surface area contributed by atoms with E-state index in [4.69, 9.17) is 4.74 Å². The fourth-order valence-electron chi connectivity index (χ4n) is 2.10. The summed E-state index contributed by atoms with van der Waals surface area (Å²) in [6.45, 7) is 1.74. The van der Waals surface area contributed by atoms with E-state index in [-0.39, 0.29) is 5.78 Å². The number of methoxy groups -OCH3 is 1. The molecule has 0 aliphatic carbocycles. The predicted octanol–water partition coefficient (Wildman–Crippen LogP) is 3.25. The largest absolute Gasteiger partial charge is 0.497 e. The number of Topliss-reactive ketones (excluding diaryl/α,β-unsaturated/α-hetero) is 1. The third-order valence-electron chi connectivity index (χ3n) is 3.40. The Balaban J connectivity index is 2.15. The number of ketones is 1. The summed E-state index contributed by atoms with van der Waals surface area (Å²) in [5.74, 6) is 0.169. The lowest BCUT2D eigenvalue weighted by Gasteiger charge is -2.18. The molecule has 0 heterocycles. The number of aliphatic hydroxyl groups excluding tert-OH is 1. The number of hydrogen-bond donors (Lipinski definition) is 1. The first-order valence-corrected chi connectivity index (χ1v) is 6.54. The molecule has 2 rings (SSSR count). The van der Waals surface area contributed by atoms with E-state index in [9.17, 15) is 9.90 Å². The topological polar surface area (TPSA) is 46.5 Å². The van der Waals surface area contributed by atoms with Crippen LogP contribution in [0.5, 0.6) is 5.75 Å². The van der Waals surface area contributed by atoms with E-state index in [1.807, 2.05) is 18.2 Å². The van der Waals surface area contributed by atoms with Crippen molar-refractivity contribution in [1.29, 1.82) is 0 Å². The Kier molecular flexibility index (Phi) is 4.53. The highest BCUT2D eigenvalue weighted by molar-refractivity contribution is 5.98. The number of hydrogen-bond acceptors (Lipinski definition) is 3. The molecule has 0 bridgehead atoms. The Bertz CT molecular complexity index is 561. The molecule has 0 fully saturated rings. The molecule has 104 valence electrons. The van der Waals surface area contributed by atoms with E-state index in [1.165, 1.54) is 0 Å². The Hall–Kier alpha value is -2.13. The predicted molar refractivity (Wildman–Crippen MR) is 77.9 cm³/mol. The molecule has 0 saturated heterocycles. The van der Waals surface area contributed by atoms with Crippen LogP contribution in [-0.2, 0) is 0 Å². The van der Waals surface area contributed by atoms with Gasteiger partial charge in [-0.15, -0.1) is 0 Å². The van der Waals surface area contributed by atoms with Gasteiger partial charge in [0.05, 0.1) is 13.2 Å². The van der Waals surface area contributed by atoms with Crippen LogP contribution in [-0.4, -0.2) is 18.0 Å². The summed E-state index contributed by atoms with van der Waals surface area (Å²) < 4.78 is 5.08. The van der Waals surface area contributed by atoms with E-state index in [2.05, 4.69) is 0 Å². The summed E-state index contributed by atoms with van der Waals surface area (Å²) in [7, 11) is 1.59. The fraction of sp³-hybridized carbons (Fsp3) is 0.235. The van der Waals surface area contributed by atoms with Crippen molar-refractivity contribution >= 4 is 5.78 Å². The number of carbonyl (C=O) groups is 1. The lowest BCUT2D eigenvalue weighted by Crippen LogP contribution is -2.19. The maximum absolute atomic E-state index is 12.3. The second-order valence-corrected chi connectivity index (χ2v) is 4.74. The second-order valence-electron chi connectivity index (χ2n) is 4.74. The Morgan fingerprint density at radius 1 is 1.05 bits per heavy atom. The monoisotopic (exact) mass is 270 g/mol. The molecule has 0 spiro atoms. The van der Waals surface area contributed by atoms with Gasteiger partial charge in [0.1, 0.15) is 5.75 Å². The molecule has 2 aromatic carbocycles. The number of benzene rings is 2. The number of carbonyl (C=O) groups excluding carboxylic acids is 1. The van der Waals surface area contributed by atoms with Gasteiger partial charge in [0.15, 0.2) is 5.78 Å². The van der Waals surface area contributed by atoms with Crippen LogP contribution in [0.2, 0.25) is 0 Å². The SMILES string of the molecule is COc1ccc([C@@H](O)[C@@H](C)C(=O)c2ccccc2)cc1. The van der Waals surface area contributed by atoms with Crippen LogP contribution in [0.3, 0.4) is 0 Å². The van der Waals surface area contributed by atoms with Crippen molar-refractivity contribution < 1.29 is 14.6 Å². The highest BCUT2D eigenvalue weighted by Crippen LogP contribution is 2.26. The summed E-state index contributed by atoms with van der Waals surface area (Å²) in [6, 6.07) is 16.1. The summed E-state index contributed by atoms with van der Waals surface area (Å²) in [6.07, 6.45) is -0.825. The zero-order chi connectivity index (χ0) is 14.5. The molecule has 0 radical (unpaired) electrons. The minimum Gasteiger partial charge on any atom is -0.497 e. The standard InChI is InChI=1S/C17H18O3/c1-12(16(18)13-6-4-3-5-7-13)17(19)14-8-10-15(20-2)11-9-14/h3-12,17,19H,1-2H3/t12-,17-/m0/s1. The van der Waals surface area contributed by atoms with Gasteiger partial charge in [-0.1, -0.05) is 49.4 Å². The van der Waals surface area contributed by atoms with E-state index < -0.39 is 12.0 Å². The van der Waals surface area contributed by atoms with E-state index in [1.54, 1.807) is 50.4 Å². The highest BCUT2D eigenvalue weighted by atomic mass is 16.5. The average Bonchev–Trinajstić information content (AvgIpc) is 2.53. The lowest BCUT2D eigenvalue weighted by atomic mass is 9.90. The van der Waals surface area contributed by atoms with Gasteiger partial charge >= 0.3 is 0 Å². The van der Waals surface area contributed by atoms with Crippen molar-refractivity contribution in [2.75, 3.05) is 7.11 Å². The van der Waals surface area contributed by atoms with Gasteiger partial charge < -0.3 is 9.84 Å². The molecule has 20 heavy (non-hydrogen) atoms. The van der Waals surface area contributed by atoms with Crippen LogP contribution in [0.25, 0.3) is 0 Å². The van der Waals surface area contributed by atoms with Crippen molar-refractivity contribution in [1.82, 2.24) is 0 Å². The summed E-state index contributed by atoms with van der Waals surface area (Å²) in [5, 5.41) is 10.3. The van der Waals surface area contributed by atoms with Crippen LogP contribution in [0.4, 0.5) is 0 Å². The zero-order valence-corrected chi connectivity index (χ0v) is 11.6. The molecule has 2 aromatic rings. The van der Waals surface area contributed by atoms with Crippen LogP contribution in [0.1, 0.15) is 28.9 Å². The number of aliphatic hydroxyl groups is 1. The van der Waals surface area contributed by atoms with E-state index in [0.717, 1.165) is 5.75 Å². The van der Waals surface area contributed by atoms with Gasteiger partial charge in [-0.3, -0.25) is 4.79 Å². The van der Waals surface area contributed by atoms with Crippen molar-refractivity contribution in [3.8, 4) is 5.75 Å². The molecule has 2 atom stereocenters. The normalized spacial score (nSPS) is 13.6. The maximum Gasteiger partial charge on any atom is 0.168 e. The minimum absolute atomic E-state index is 0.0612. The van der Waals surface area contributed by atoms with Crippen molar-refractivity contribution in [3.63, 3.8) is 0 Å². The third kappa shape index (κ3) is 3.06. The molecular formula is C17H18O3. The van der Waals surface area contributed by atoms with E-state index in [0.29, 0.717) is 11.1 Å². The molecule has 0 aromatic heterocycles. The van der Waals surface area contributed by atoms with Gasteiger partial charge in [0.25, 0.3) is 0 Å². The Labute approximate surface area is 118 Å². The first kappa shape index (κ1) is 14.3. The molecule has 0 aliphatic rings. The molecule has 0 unspecified atom stereocenters. The van der Waals surface area contributed by atoms with Gasteiger partial charge in [-0.25, -0.2) is 0 Å². The first-order valence-electron chi connectivity index (χ1n) is 6.54. The highest BCUT2D eigenvalue weighted by Gasteiger charge is 2.24. The number of rotatable bonds is 5. The van der Waals surface area contributed by atoms with Crippen molar-refractivity contribution in [2.24, 2.45) is 5.92 Å². The zero-order valence-electron chi connectivity index (χ0n) is 11.6. The van der Waals surface area contributed by atoms with Crippen LogP contribution >= 0.6 is 0 Å². The second kappa shape index (κ2) is 6.35. The van der Waals surface area contributed by atoms with Gasteiger partial charge in [0.2, 0.25) is 0 Å². The Morgan fingerprint density at radius 3 is 2.20 bits per heavy atom. The molecule has 3 heteroatoms. The maximum atomic E-state index is 12.3. The van der Waals surface area contributed by atoms with Crippen LogP contribution in [0, 0.1) is 5.92 Å². The molecule has 0 saturated carbocycles. The van der Waals surface area contributed by atoms with Crippen LogP contribution < -0.4 is 4.74 Å². The van der Waals surface area contributed by atoms with Gasteiger partial charge in [0, 0.05) is 11.5 Å². The van der Waals surface area contributed by atoms with Gasteiger partial charge in [-0.05, 0) is 17.7 Å². The average molecular weight is 270 g/mol. The summed E-state index contributed by atoms with van der Waals surface area (Å²) in [4.78, 5) is 12.3. The number of ether oxygens (including phenoxy) is 1. The Morgan fingerprint density at radius 2 is 1.65 bits per heavy atom. The van der Waals surface area contributed by atoms with Crippen molar-refractivity contribution in [3.05, 3.63) is 65.7 Å². The van der Waals surface area contributed by atoms with Crippen LogP contribution in [0.15, 0.2) is 54.6 Å². The third-order valence-corrected chi connectivity index (χ3v) is 3.40. The first-order chi connectivity index (χ1) is 9.63. The molecule has 1 N–H and O–H groups in total. The van der Waals surface area contributed by atoms with E-state index >= 15 is 0 Å². The quantitative estimate of drug-likeness (QED) is 0.848. The minimum atomic E-state index is -0.825. The smallest absolute Gasteiger partial charge is 0.168 e. The molecular weight excluding hydrogens is 252 g/mol. The van der Waals surface area contributed by atoms with Gasteiger partial charge in [-0.2, -0.15) is 0 Å².